The van der Waals surface area contributed by atoms with Gasteiger partial charge in [0.1, 0.15) is 0 Å². The Labute approximate surface area is 76.4 Å². The van der Waals surface area contributed by atoms with E-state index in [0.717, 1.165) is 6.42 Å². The fourth-order valence-electron chi connectivity index (χ4n) is 0.714. The van der Waals surface area contributed by atoms with Crippen LogP contribution >= 0.6 is 0 Å². The maximum absolute atomic E-state index is 2.16. The molecule has 0 aromatic heterocycles. The summed E-state index contributed by atoms with van der Waals surface area (Å²) in [7, 11) is 0. The quantitative estimate of drug-likeness (QED) is 0.695. The van der Waals surface area contributed by atoms with Gasteiger partial charge in [-0.15, -0.1) is 0 Å². The van der Waals surface area contributed by atoms with Crippen molar-refractivity contribution in [3.05, 3.63) is 35.9 Å². The first-order chi connectivity index (χ1) is 3.93. The molecule has 0 saturated carbocycles. The van der Waals surface area contributed by atoms with E-state index in [0.29, 0.717) is 0 Å². The maximum atomic E-state index is 2.16. The topological polar surface area (TPSA) is 0 Å². The minimum Gasteiger partial charge on any atom is -0.0622 e. The Kier molecular flexibility index (Phi) is 5.05. The van der Waals surface area contributed by atoms with Crippen molar-refractivity contribution in [2.45, 2.75) is 13.3 Å². The summed E-state index contributed by atoms with van der Waals surface area (Å²) in [6.07, 6.45) is 1.14. The zero-order valence-corrected chi connectivity index (χ0v) is 9.48. The molecule has 0 nitrogen and oxygen atoms in total. The van der Waals surface area contributed by atoms with E-state index in [1.54, 1.807) is 0 Å². The molecule has 0 heterocycles. The van der Waals surface area contributed by atoms with Crippen LogP contribution in [-0.2, 0) is 6.42 Å². The van der Waals surface area contributed by atoms with Gasteiger partial charge in [-0.05, 0) is 12.0 Å². The molecule has 0 unspecified atom stereocenters. The van der Waals surface area contributed by atoms with Crippen LogP contribution in [0.25, 0.3) is 0 Å². The zero-order chi connectivity index (χ0) is 5.82. The molecular formula is C8H10Pb. The Bertz CT molecular complexity index is 146. The second-order valence-electron chi connectivity index (χ2n) is 1.84. The smallest absolute Gasteiger partial charge is 0 e. The van der Waals surface area contributed by atoms with Gasteiger partial charge in [-0.25, -0.2) is 0 Å². The minimum absolute atomic E-state index is 0. The Morgan fingerprint density at radius 1 is 1.11 bits per heavy atom. The second-order valence-corrected chi connectivity index (χ2v) is 1.84. The van der Waals surface area contributed by atoms with Crippen molar-refractivity contribution < 1.29 is 0 Å². The van der Waals surface area contributed by atoms with Crippen LogP contribution in [0.2, 0.25) is 0 Å². The predicted molar refractivity (Wildman–Crippen MR) is 41.6 cm³/mol. The molecule has 4 radical (unpaired) electrons. The van der Waals surface area contributed by atoms with Crippen molar-refractivity contribution in [1.29, 1.82) is 0 Å². The van der Waals surface area contributed by atoms with E-state index in [-0.39, 0.29) is 27.3 Å². The van der Waals surface area contributed by atoms with Gasteiger partial charge in [0.15, 0.2) is 0 Å². The summed E-state index contributed by atoms with van der Waals surface area (Å²) in [5.74, 6) is 0. The molecule has 9 heavy (non-hydrogen) atoms. The van der Waals surface area contributed by atoms with Crippen molar-refractivity contribution in [2.75, 3.05) is 0 Å². The standard InChI is InChI=1S/C8H10.Pb/c1-2-8-6-4-3-5-7-8;/h3-7H,2H2,1H3;. The number of rotatable bonds is 1. The summed E-state index contributed by atoms with van der Waals surface area (Å²) in [5.41, 5.74) is 1.41. The fraction of sp³-hybridized carbons (Fsp3) is 0.250. The summed E-state index contributed by atoms with van der Waals surface area (Å²) >= 11 is 0. The Hall–Kier alpha value is 0.142. The molecular weight excluding hydrogens is 303 g/mol. The second kappa shape index (κ2) is 4.97. The number of benzene rings is 1. The van der Waals surface area contributed by atoms with E-state index in [4.69, 9.17) is 0 Å². The molecule has 0 saturated heterocycles. The average molecular weight is 313 g/mol. The zero-order valence-electron chi connectivity index (χ0n) is 5.59. The van der Waals surface area contributed by atoms with Crippen LogP contribution in [0.4, 0.5) is 0 Å². The van der Waals surface area contributed by atoms with Gasteiger partial charge in [0, 0.05) is 27.3 Å². The van der Waals surface area contributed by atoms with Crippen LogP contribution < -0.4 is 0 Å². The summed E-state index contributed by atoms with van der Waals surface area (Å²) in [6, 6.07) is 10.5. The Morgan fingerprint density at radius 3 is 2.00 bits per heavy atom. The van der Waals surface area contributed by atoms with Gasteiger partial charge < -0.3 is 0 Å². The van der Waals surface area contributed by atoms with E-state index < -0.39 is 0 Å². The molecule has 0 N–H and O–H groups in total. The molecule has 1 rings (SSSR count). The maximum Gasteiger partial charge on any atom is 0 e. The normalized spacial score (nSPS) is 8.11. The number of hydrogen-bond acceptors (Lipinski definition) is 0. The van der Waals surface area contributed by atoms with Gasteiger partial charge in [0.25, 0.3) is 0 Å². The van der Waals surface area contributed by atoms with Crippen molar-refractivity contribution in [2.24, 2.45) is 0 Å². The molecule has 1 aromatic carbocycles. The van der Waals surface area contributed by atoms with E-state index in [2.05, 4.69) is 31.2 Å². The Balaban J connectivity index is 0.000000640. The first-order valence-corrected chi connectivity index (χ1v) is 2.97. The van der Waals surface area contributed by atoms with E-state index >= 15 is 0 Å². The van der Waals surface area contributed by atoms with Gasteiger partial charge in [-0.3, -0.25) is 0 Å². The molecule has 0 aliphatic heterocycles. The van der Waals surface area contributed by atoms with Crippen LogP contribution in [0.5, 0.6) is 0 Å². The minimum atomic E-state index is 0. The molecule has 0 atom stereocenters. The first kappa shape index (κ1) is 9.14. The van der Waals surface area contributed by atoms with Crippen LogP contribution in [0.1, 0.15) is 12.5 Å². The van der Waals surface area contributed by atoms with Crippen molar-refractivity contribution >= 4 is 27.3 Å². The Morgan fingerprint density at radius 2 is 1.67 bits per heavy atom. The number of aryl methyl sites for hydroxylation is 1. The summed E-state index contributed by atoms with van der Waals surface area (Å²) in [5, 5.41) is 0. The third-order valence-corrected chi connectivity index (χ3v) is 1.25. The van der Waals surface area contributed by atoms with Crippen LogP contribution in [0, 0.1) is 0 Å². The van der Waals surface area contributed by atoms with Gasteiger partial charge in [0.05, 0.1) is 0 Å². The van der Waals surface area contributed by atoms with Gasteiger partial charge in [-0.1, -0.05) is 37.3 Å². The molecule has 1 heteroatoms. The van der Waals surface area contributed by atoms with Gasteiger partial charge in [0.2, 0.25) is 0 Å². The molecule has 0 bridgehead atoms. The molecule has 0 aliphatic carbocycles. The van der Waals surface area contributed by atoms with Crippen molar-refractivity contribution in [1.82, 2.24) is 0 Å². The van der Waals surface area contributed by atoms with E-state index in [9.17, 15) is 0 Å². The SMILES string of the molecule is CCc1ccccc1.[Pb]. The van der Waals surface area contributed by atoms with E-state index in [1.807, 2.05) is 6.07 Å². The predicted octanol–water partition coefficient (Wildman–Crippen LogP) is 1.87. The fourth-order valence-corrected chi connectivity index (χ4v) is 0.714. The monoisotopic (exact) mass is 314 g/mol. The third kappa shape index (κ3) is 2.99. The van der Waals surface area contributed by atoms with Gasteiger partial charge in [-0.2, -0.15) is 0 Å². The molecule has 0 fully saturated rings. The van der Waals surface area contributed by atoms with Crippen molar-refractivity contribution in [3.8, 4) is 0 Å². The molecule has 0 aliphatic rings. The van der Waals surface area contributed by atoms with Crippen LogP contribution in [-0.4, -0.2) is 27.3 Å². The molecule has 0 spiro atoms. The molecule has 46 valence electrons. The summed E-state index contributed by atoms with van der Waals surface area (Å²) < 4.78 is 0. The average Bonchev–Trinajstić information content (AvgIpc) is 1.90. The molecule has 0 amide bonds. The number of hydrogen-bond donors (Lipinski definition) is 0. The van der Waals surface area contributed by atoms with E-state index in [1.165, 1.54) is 5.56 Å². The van der Waals surface area contributed by atoms with Crippen molar-refractivity contribution in [3.63, 3.8) is 0 Å². The van der Waals surface area contributed by atoms with Crippen LogP contribution in [0.15, 0.2) is 30.3 Å². The van der Waals surface area contributed by atoms with Gasteiger partial charge >= 0.3 is 0 Å². The van der Waals surface area contributed by atoms with Crippen LogP contribution in [0.3, 0.4) is 0 Å². The third-order valence-electron chi connectivity index (χ3n) is 1.25. The largest absolute Gasteiger partial charge is 0.0622 e. The summed E-state index contributed by atoms with van der Waals surface area (Å²) in [6.45, 7) is 2.16. The first-order valence-electron chi connectivity index (χ1n) is 2.97. The molecule has 1 aromatic rings. The summed E-state index contributed by atoms with van der Waals surface area (Å²) in [4.78, 5) is 0.